The van der Waals surface area contributed by atoms with E-state index < -0.39 is 11.9 Å². The number of ether oxygens (including phenoxy) is 1. The Balaban J connectivity index is 1.89. The van der Waals surface area contributed by atoms with Crippen molar-refractivity contribution >= 4 is 34.3 Å². The lowest BCUT2D eigenvalue weighted by atomic mass is 9.78. The van der Waals surface area contributed by atoms with Crippen molar-refractivity contribution in [1.29, 1.82) is 0 Å². The largest absolute Gasteiger partial charge is 0.463 e. The molecule has 6 heteroatoms. The molecular weight excluding hydrogens is 425 g/mol. The van der Waals surface area contributed by atoms with Gasteiger partial charge in [-0.3, -0.25) is 9.79 Å². The van der Waals surface area contributed by atoms with Crippen LogP contribution in [0.25, 0.3) is 5.70 Å². The van der Waals surface area contributed by atoms with Gasteiger partial charge >= 0.3 is 5.97 Å². The number of aryl methyl sites for hydroxylation is 1. The first kappa shape index (κ1) is 23.9. The molecule has 1 heterocycles. The summed E-state index contributed by atoms with van der Waals surface area (Å²) in [5.74, 6) is -1.01. The normalized spacial score (nSPS) is 18.3. The first-order valence-electron chi connectivity index (χ1n) is 10.9. The fourth-order valence-corrected chi connectivity index (χ4v) is 5.06. The van der Waals surface area contributed by atoms with E-state index in [0.717, 1.165) is 6.42 Å². The summed E-state index contributed by atoms with van der Waals surface area (Å²) in [5, 5.41) is 0.00832. The average molecular weight is 454 g/mol. The van der Waals surface area contributed by atoms with Crippen molar-refractivity contribution in [2.24, 2.45) is 16.8 Å². The number of hydrogen-bond donors (Lipinski definition) is 0. The third-order valence-corrected chi connectivity index (χ3v) is 6.50. The molecule has 0 fully saturated rings. The van der Waals surface area contributed by atoms with E-state index in [4.69, 9.17) is 4.74 Å². The molecule has 1 aliphatic heterocycles. The van der Waals surface area contributed by atoms with Gasteiger partial charge in [0.2, 0.25) is 0 Å². The Kier molecular flexibility index (Phi) is 8.39. The first-order chi connectivity index (χ1) is 15.5. The Hall–Kier alpha value is -2.73. The maximum Gasteiger partial charge on any atom is 0.336 e. The van der Waals surface area contributed by atoms with Crippen molar-refractivity contribution in [2.45, 2.75) is 33.6 Å². The highest BCUT2D eigenvalue weighted by atomic mass is 32.2. The summed E-state index contributed by atoms with van der Waals surface area (Å²) < 4.78 is 18.8. The van der Waals surface area contributed by atoms with Crippen LogP contribution in [0.3, 0.4) is 0 Å². The predicted octanol–water partition coefficient (Wildman–Crippen LogP) is 5.72. The summed E-state index contributed by atoms with van der Waals surface area (Å²) >= 11 is 1.28. The summed E-state index contributed by atoms with van der Waals surface area (Å²) in [6.45, 7) is 5.76. The molecule has 2 aromatic rings. The second kappa shape index (κ2) is 11.2. The lowest BCUT2D eigenvalue weighted by molar-refractivity contribution is -0.139. The molecule has 0 radical (unpaired) electrons. The number of rotatable bonds is 8. The average Bonchev–Trinajstić information content (AvgIpc) is 2.79. The van der Waals surface area contributed by atoms with E-state index >= 15 is 0 Å². The smallest absolute Gasteiger partial charge is 0.336 e. The second-order valence-corrected chi connectivity index (χ2v) is 8.74. The zero-order valence-electron chi connectivity index (χ0n) is 18.6. The molecule has 0 aliphatic carbocycles. The summed E-state index contributed by atoms with van der Waals surface area (Å²) in [6.07, 6.45) is 1.37. The van der Waals surface area contributed by atoms with Crippen LogP contribution in [0, 0.1) is 17.7 Å². The fourth-order valence-electron chi connectivity index (χ4n) is 4.00. The van der Waals surface area contributed by atoms with Gasteiger partial charge in [0, 0.05) is 22.9 Å². The van der Waals surface area contributed by atoms with Crippen LogP contribution in [0.15, 0.2) is 65.2 Å². The molecule has 0 aromatic heterocycles. The molecule has 0 N–H and O–H groups in total. The van der Waals surface area contributed by atoms with Crippen molar-refractivity contribution in [3.8, 4) is 0 Å². The van der Waals surface area contributed by atoms with E-state index in [9.17, 15) is 14.0 Å². The number of carbonyl (C=O) groups excluding carboxylic acids is 2. The molecule has 32 heavy (non-hydrogen) atoms. The molecule has 1 aliphatic rings. The van der Waals surface area contributed by atoms with Gasteiger partial charge in [-0.25, -0.2) is 9.18 Å². The number of hydrogen-bond acceptors (Lipinski definition) is 5. The van der Waals surface area contributed by atoms with Crippen LogP contribution in [0.2, 0.25) is 0 Å². The number of esters is 1. The minimum atomic E-state index is -0.496. The summed E-state index contributed by atoms with van der Waals surface area (Å²) in [7, 11) is 0. The van der Waals surface area contributed by atoms with E-state index in [2.05, 4.69) is 4.99 Å². The number of aliphatic imine (C=N–C) groups is 1. The predicted molar refractivity (Wildman–Crippen MR) is 128 cm³/mol. The minimum Gasteiger partial charge on any atom is -0.463 e. The molecular formula is C26H28FNO3S. The Morgan fingerprint density at radius 1 is 1.06 bits per heavy atom. The third kappa shape index (κ3) is 5.54. The first-order valence-corrected chi connectivity index (χ1v) is 11.9. The molecule has 0 saturated heterocycles. The second-order valence-electron chi connectivity index (χ2n) is 7.64. The summed E-state index contributed by atoms with van der Waals surface area (Å²) in [4.78, 5) is 30.9. The lowest BCUT2D eigenvalue weighted by Crippen LogP contribution is -2.35. The molecule has 2 aromatic carbocycles. The van der Waals surface area contributed by atoms with Crippen molar-refractivity contribution in [1.82, 2.24) is 0 Å². The molecule has 0 saturated carbocycles. The highest BCUT2D eigenvalue weighted by Crippen LogP contribution is 2.40. The van der Waals surface area contributed by atoms with Crippen molar-refractivity contribution < 1.29 is 18.7 Å². The van der Waals surface area contributed by atoms with Crippen LogP contribution < -0.4 is 0 Å². The molecule has 3 rings (SSSR count). The summed E-state index contributed by atoms with van der Waals surface area (Å²) in [5.41, 5.74) is 3.34. The molecule has 4 nitrogen and oxygen atoms in total. The van der Waals surface area contributed by atoms with Crippen molar-refractivity contribution in [3.63, 3.8) is 0 Å². The van der Waals surface area contributed by atoms with E-state index in [1.165, 1.54) is 29.5 Å². The van der Waals surface area contributed by atoms with Crippen LogP contribution in [-0.4, -0.2) is 29.2 Å². The van der Waals surface area contributed by atoms with E-state index in [1.54, 1.807) is 19.1 Å². The van der Waals surface area contributed by atoms with Crippen LogP contribution in [0.1, 0.15) is 38.3 Å². The lowest BCUT2D eigenvalue weighted by Gasteiger charge is -2.31. The van der Waals surface area contributed by atoms with Gasteiger partial charge < -0.3 is 4.74 Å². The number of benzene rings is 2. The standard InChI is InChI=1S/C26H28FNO3S/c1-4-21-22(26(30)32-16-15-18-9-7-6-8-10-18)17(3)28-24(23(21)25(29)31-5-2)19-11-13-20(27)14-12-19/h6-14,21-22H,4-5,15-16H2,1-3H3. The van der Waals surface area contributed by atoms with Gasteiger partial charge in [-0.05, 0) is 56.5 Å². The quantitative estimate of drug-likeness (QED) is 0.480. The minimum absolute atomic E-state index is 0.00832. The maximum absolute atomic E-state index is 13.5. The van der Waals surface area contributed by atoms with E-state index in [1.807, 2.05) is 44.2 Å². The van der Waals surface area contributed by atoms with Gasteiger partial charge in [0.1, 0.15) is 5.82 Å². The fraction of sp³-hybridized carbons (Fsp3) is 0.346. The Labute approximate surface area is 193 Å². The Morgan fingerprint density at radius 2 is 1.75 bits per heavy atom. The zero-order valence-corrected chi connectivity index (χ0v) is 19.5. The van der Waals surface area contributed by atoms with Crippen molar-refractivity contribution in [3.05, 3.63) is 77.1 Å². The SMILES string of the molecule is CCOC(=O)C1=C(c2ccc(F)cc2)N=C(C)C(C(=O)SCCc2ccccc2)C1CC. The molecule has 0 spiro atoms. The van der Waals surface area contributed by atoms with E-state index in [-0.39, 0.29) is 23.5 Å². The number of nitrogens with zero attached hydrogens (tertiary/aromatic N) is 1. The maximum atomic E-state index is 13.5. The topological polar surface area (TPSA) is 55.7 Å². The van der Waals surface area contributed by atoms with Gasteiger partial charge in [0.05, 0.1) is 23.8 Å². The molecule has 0 bridgehead atoms. The Bertz CT molecular complexity index is 1020. The van der Waals surface area contributed by atoms with Crippen molar-refractivity contribution in [2.75, 3.05) is 12.4 Å². The van der Waals surface area contributed by atoms with Gasteiger partial charge in [-0.15, -0.1) is 0 Å². The van der Waals surface area contributed by atoms with Crippen LogP contribution >= 0.6 is 11.8 Å². The van der Waals surface area contributed by atoms with Gasteiger partial charge in [-0.2, -0.15) is 0 Å². The van der Waals surface area contributed by atoms with Crippen LogP contribution in [0.4, 0.5) is 4.39 Å². The van der Waals surface area contributed by atoms with Gasteiger partial charge in [0.25, 0.3) is 0 Å². The number of thioether (sulfide) groups is 1. The summed E-state index contributed by atoms with van der Waals surface area (Å²) in [6, 6.07) is 15.9. The molecule has 2 atom stereocenters. The number of carbonyl (C=O) groups is 2. The number of halogens is 1. The highest BCUT2D eigenvalue weighted by molar-refractivity contribution is 8.13. The molecule has 2 unspecified atom stereocenters. The van der Waals surface area contributed by atoms with Gasteiger partial charge in [0.15, 0.2) is 5.12 Å². The van der Waals surface area contributed by atoms with E-state index in [0.29, 0.717) is 34.7 Å². The monoisotopic (exact) mass is 453 g/mol. The van der Waals surface area contributed by atoms with Crippen LogP contribution in [-0.2, 0) is 20.7 Å². The third-order valence-electron chi connectivity index (χ3n) is 5.55. The molecule has 0 amide bonds. The van der Waals surface area contributed by atoms with Gasteiger partial charge in [-0.1, -0.05) is 49.0 Å². The van der Waals surface area contributed by atoms with Crippen LogP contribution in [0.5, 0.6) is 0 Å². The zero-order chi connectivity index (χ0) is 23.1. The highest BCUT2D eigenvalue weighted by Gasteiger charge is 2.40. The Morgan fingerprint density at radius 3 is 2.38 bits per heavy atom. The molecule has 168 valence electrons.